The van der Waals surface area contributed by atoms with E-state index in [9.17, 15) is 9.90 Å². The fourth-order valence-electron chi connectivity index (χ4n) is 4.29. The molecule has 1 fully saturated rings. The normalized spacial score (nSPS) is 15.9. The number of likely N-dealkylation sites (tertiary alicyclic amines) is 1. The molecule has 180 valence electrons. The SMILES string of the molecule is COc1ccc2nccc([C@@H](O)CN3CCC(NCC(=O)Nc4cc(Cl)cc(Cl)c4)CC3)c2c1. The summed E-state index contributed by atoms with van der Waals surface area (Å²) >= 11 is 12.0. The molecule has 0 spiro atoms. The van der Waals surface area contributed by atoms with Gasteiger partial charge < -0.3 is 25.4 Å². The van der Waals surface area contributed by atoms with Crippen LogP contribution in [0.4, 0.5) is 5.69 Å². The monoisotopic (exact) mass is 502 g/mol. The Balaban J connectivity index is 1.25. The van der Waals surface area contributed by atoms with Crippen LogP contribution in [0.25, 0.3) is 10.9 Å². The number of aromatic nitrogens is 1. The summed E-state index contributed by atoms with van der Waals surface area (Å²) in [7, 11) is 1.63. The first-order chi connectivity index (χ1) is 16.4. The van der Waals surface area contributed by atoms with Crippen LogP contribution in [0.3, 0.4) is 0 Å². The maximum atomic E-state index is 12.3. The Labute approximate surface area is 209 Å². The molecule has 0 radical (unpaired) electrons. The molecule has 2 heterocycles. The molecule has 34 heavy (non-hydrogen) atoms. The van der Waals surface area contributed by atoms with Crippen molar-refractivity contribution in [3.63, 3.8) is 0 Å². The average Bonchev–Trinajstić information content (AvgIpc) is 2.82. The number of β-amino-alcohol motifs (C(OH)–C–C–N with tert-alkyl or cyclic N) is 1. The number of fused-ring (bicyclic) bond motifs is 1. The first-order valence-electron chi connectivity index (χ1n) is 11.2. The third-order valence-electron chi connectivity index (χ3n) is 6.06. The standard InChI is InChI=1S/C25H28Cl2N4O3/c1-34-20-2-3-23-22(13-20)21(4-7-28-23)24(32)15-31-8-5-18(6-9-31)29-14-25(33)30-19-11-16(26)10-17(27)12-19/h2-4,7,10-13,18,24,29,32H,5-6,8-9,14-15H2,1H3,(H,30,33)/t24-/m0/s1. The van der Waals surface area contributed by atoms with Gasteiger partial charge in [-0.3, -0.25) is 9.78 Å². The van der Waals surface area contributed by atoms with Gasteiger partial charge >= 0.3 is 0 Å². The number of pyridine rings is 1. The molecule has 4 rings (SSSR count). The van der Waals surface area contributed by atoms with Crippen LogP contribution in [-0.2, 0) is 4.79 Å². The van der Waals surface area contributed by atoms with Gasteiger partial charge in [-0.05, 0) is 74.0 Å². The lowest BCUT2D eigenvalue weighted by Gasteiger charge is -2.33. The number of aliphatic hydroxyl groups is 1. The van der Waals surface area contributed by atoms with Crippen molar-refractivity contribution in [2.24, 2.45) is 0 Å². The summed E-state index contributed by atoms with van der Waals surface area (Å²) in [5.41, 5.74) is 2.26. The summed E-state index contributed by atoms with van der Waals surface area (Å²) < 4.78 is 5.34. The van der Waals surface area contributed by atoms with Gasteiger partial charge in [0.15, 0.2) is 0 Å². The van der Waals surface area contributed by atoms with Gasteiger partial charge in [-0.2, -0.15) is 0 Å². The number of carbonyl (C=O) groups excluding carboxylic acids is 1. The van der Waals surface area contributed by atoms with Crippen LogP contribution in [0.2, 0.25) is 10.0 Å². The quantitative estimate of drug-likeness (QED) is 0.426. The van der Waals surface area contributed by atoms with Gasteiger partial charge in [-0.1, -0.05) is 23.2 Å². The molecule has 0 saturated carbocycles. The summed E-state index contributed by atoms with van der Waals surface area (Å²) in [6.45, 7) is 2.43. The number of hydrogen-bond acceptors (Lipinski definition) is 6. The molecular weight excluding hydrogens is 475 g/mol. The van der Waals surface area contributed by atoms with Crippen molar-refractivity contribution in [3.8, 4) is 5.75 Å². The molecule has 1 aromatic heterocycles. The lowest BCUT2D eigenvalue weighted by molar-refractivity contribution is -0.115. The van der Waals surface area contributed by atoms with E-state index in [0.717, 1.165) is 48.1 Å². The van der Waals surface area contributed by atoms with Crippen LogP contribution in [0, 0.1) is 0 Å². The van der Waals surface area contributed by atoms with E-state index in [2.05, 4.69) is 20.5 Å². The maximum Gasteiger partial charge on any atom is 0.238 e. The average molecular weight is 503 g/mol. The molecular formula is C25H28Cl2N4O3. The Morgan fingerprint density at radius 2 is 1.91 bits per heavy atom. The lowest BCUT2D eigenvalue weighted by Crippen LogP contribution is -2.45. The molecule has 1 aliphatic rings. The van der Waals surface area contributed by atoms with E-state index in [1.807, 2.05) is 24.3 Å². The van der Waals surface area contributed by atoms with Crippen LogP contribution < -0.4 is 15.4 Å². The Hall–Kier alpha value is -2.42. The molecule has 1 saturated heterocycles. The number of hydrogen-bond donors (Lipinski definition) is 3. The van der Waals surface area contributed by atoms with Gasteiger partial charge in [0.25, 0.3) is 0 Å². The predicted molar refractivity (Wildman–Crippen MR) is 136 cm³/mol. The smallest absolute Gasteiger partial charge is 0.238 e. The number of amides is 1. The van der Waals surface area contributed by atoms with E-state index in [4.69, 9.17) is 27.9 Å². The van der Waals surface area contributed by atoms with Crippen molar-refractivity contribution < 1.29 is 14.6 Å². The third kappa shape index (κ3) is 6.37. The number of halogens is 2. The highest BCUT2D eigenvalue weighted by atomic mass is 35.5. The molecule has 3 aromatic rings. The van der Waals surface area contributed by atoms with Gasteiger partial charge in [-0.25, -0.2) is 0 Å². The van der Waals surface area contributed by atoms with Crippen molar-refractivity contribution in [2.45, 2.75) is 25.0 Å². The minimum absolute atomic E-state index is 0.142. The van der Waals surface area contributed by atoms with Crippen LogP contribution in [0.1, 0.15) is 24.5 Å². The Bertz CT molecular complexity index is 1130. The molecule has 3 N–H and O–H groups in total. The largest absolute Gasteiger partial charge is 0.497 e. The van der Waals surface area contributed by atoms with Crippen molar-refractivity contribution in [3.05, 3.63) is 64.3 Å². The van der Waals surface area contributed by atoms with Gasteiger partial charge in [-0.15, -0.1) is 0 Å². The van der Waals surface area contributed by atoms with Crippen molar-refractivity contribution >= 4 is 45.7 Å². The van der Waals surface area contributed by atoms with Crippen LogP contribution in [0.15, 0.2) is 48.7 Å². The Morgan fingerprint density at radius 1 is 1.18 bits per heavy atom. The fourth-order valence-corrected chi connectivity index (χ4v) is 4.82. The zero-order chi connectivity index (χ0) is 24.1. The molecule has 2 aromatic carbocycles. The molecule has 9 heteroatoms. The van der Waals surface area contributed by atoms with E-state index in [1.54, 1.807) is 31.5 Å². The number of anilines is 1. The first kappa shape index (κ1) is 24.7. The topological polar surface area (TPSA) is 86.7 Å². The summed E-state index contributed by atoms with van der Waals surface area (Å²) in [4.78, 5) is 18.9. The number of carbonyl (C=O) groups is 1. The van der Waals surface area contributed by atoms with Crippen molar-refractivity contribution in [2.75, 3.05) is 38.6 Å². The summed E-state index contributed by atoms with van der Waals surface area (Å²) in [5.74, 6) is 0.597. The summed E-state index contributed by atoms with van der Waals surface area (Å²) in [6.07, 6.45) is 2.89. The molecule has 7 nitrogen and oxygen atoms in total. The number of nitrogens with zero attached hydrogens (tertiary/aromatic N) is 2. The molecule has 0 bridgehead atoms. The van der Waals surface area contributed by atoms with Gasteiger partial charge in [0.05, 0.1) is 25.3 Å². The Morgan fingerprint density at radius 3 is 2.62 bits per heavy atom. The number of ether oxygens (including phenoxy) is 1. The van der Waals surface area contributed by atoms with Crippen molar-refractivity contribution in [1.82, 2.24) is 15.2 Å². The highest BCUT2D eigenvalue weighted by Crippen LogP contribution is 2.28. The fraction of sp³-hybridized carbons (Fsp3) is 0.360. The van der Waals surface area contributed by atoms with Crippen LogP contribution in [-0.4, -0.2) is 60.2 Å². The number of rotatable bonds is 8. The second-order valence-corrected chi connectivity index (χ2v) is 9.33. The third-order valence-corrected chi connectivity index (χ3v) is 6.49. The van der Waals surface area contributed by atoms with E-state index in [0.29, 0.717) is 22.3 Å². The number of nitrogens with one attached hydrogen (secondary N) is 2. The Kier molecular flexibility index (Phi) is 8.24. The highest BCUT2D eigenvalue weighted by Gasteiger charge is 2.23. The maximum absolute atomic E-state index is 12.3. The second-order valence-electron chi connectivity index (χ2n) is 8.46. The number of piperidine rings is 1. The highest BCUT2D eigenvalue weighted by molar-refractivity contribution is 6.35. The summed E-state index contributed by atoms with van der Waals surface area (Å²) in [6, 6.07) is 12.7. The second kappa shape index (κ2) is 11.3. The molecule has 1 amide bonds. The van der Waals surface area contributed by atoms with E-state index in [-0.39, 0.29) is 18.5 Å². The minimum Gasteiger partial charge on any atom is -0.497 e. The lowest BCUT2D eigenvalue weighted by atomic mass is 10.0. The molecule has 0 aliphatic carbocycles. The zero-order valence-electron chi connectivity index (χ0n) is 18.9. The van der Waals surface area contributed by atoms with E-state index >= 15 is 0 Å². The number of benzene rings is 2. The van der Waals surface area contributed by atoms with Crippen LogP contribution in [0.5, 0.6) is 5.75 Å². The van der Waals surface area contributed by atoms with E-state index < -0.39 is 6.10 Å². The minimum atomic E-state index is -0.627. The number of aliphatic hydroxyl groups excluding tert-OH is 1. The van der Waals surface area contributed by atoms with Gasteiger partial charge in [0.1, 0.15) is 5.75 Å². The number of methoxy groups -OCH3 is 1. The predicted octanol–water partition coefficient (Wildman–Crippen LogP) is 4.28. The summed E-state index contributed by atoms with van der Waals surface area (Å²) in [5, 5.41) is 18.9. The van der Waals surface area contributed by atoms with Crippen LogP contribution >= 0.6 is 23.2 Å². The van der Waals surface area contributed by atoms with E-state index in [1.165, 1.54) is 0 Å². The first-order valence-corrected chi connectivity index (χ1v) is 12.0. The van der Waals surface area contributed by atoms with Gasteiger partial charge in [0, 0.05) is 39.9 Å². The molecule has 1 atom stereocenters. The molecule has 0 unspecified atom stereocenters. The van der Waals surface area contributed by atoms with Gasteiger partial charge in [0.2, 0.25) is 5.91 Å². The molecule has 1 aliphatic heterocycles. The zero-order valence-corrected chi connectivity index (χ0v) is 20.4. The van der Waals surface area contributed by atoms with Crippen molar-refractivity contribution in [1.29, 1.82) is 0 Å².